The van der Waals surface area contributed by atoms with Crippen molar-refractivity contribution in [2.75, 3.05) is 5.32 Å². The van der Waals surface area contributed by atoms with Crippen LogP contribution in [0.15, 0.2) is 48.5 Å². The number of hydrogen-bond acceptors (Lipinski definition) is 4. The van der Waals surface area contributed by atoms with Crippen LogP contribution in [0.25, 0.3) is 0 Å². The number of nitrogens with one attached hydrogen (secondary N) is 1. The number of hydrogen-bond donors (Lipinski definition) is 2. The van der Waals surface area contributed by atoms with E-state index in [4.69, 9.17) is 5.73 Å². The summed E-state index contributed by atoms with van der Waals surface area (Å²) < 4.78 is 14.3. The van der Waals surface area contributed by atoms with Gasteiger partial charge in [0.2, 0.25) is 5.78 Å². The van der Waals surface area contributed by atoms with E-state index in [1.54, 1.807) is 92.2 Å². The molecule has 5 nitrogen and oxygen atoms in total. The predicted octanol–water partition coefficient (Wildman–Crippen LogP) is 5.42. The van der Waals surface area contributed by atoms with Crippen LogP contribution in [-0.2, 0) is 23.1 Å². The van der Waals surface area contributed by atoms with Crippen LogP contribution < -0.4 is 11.1 Å². The Bertz CT molecular complexity index is 1030. The van der Waals surface area contributed by atoms with Crippen LogP contribution in [0, 0.1) is 33.9 Å². The first kappa shape index (κ1) is 22.8. The Morgan fingerprint density at radius 2 is 1.61 bits per heavy atom. The molecule has 4 aliphatic carbocycles. The number of ketones is 1. The minimum atomic E-state index is -1.38. The molecule has 4 saturated carbocycles. The zero-order chi connectivity index (χ0) is 23.2. The number of para-hydroxylation sites is 1. The van der Waals surface area contributed by atoms with Gasteiger partial charge in [0.25, 0.3) is 5.69 Å². The van der Waals surface area contributed by atoms with Gasteiger partial charge in [0, 0.05) is 11.0 Å². The predicted molar refractivity (Wildman–Crippen MR) is 121 cm³/mol. The van der Waals surface area contributed by atoms with Crippen molar-refractivity contribution in [2.24, 2.45) is 28.9 Å². The second-order valence-electron chi connectivity index (χ2n) is 10.5. The van der Waals surface area contributed by atoms with Crippen molar-refractivity contribution in [1.82, 2.24) is 0 Å². The van der Waals surface area contributed by atoms with Gasteiger partial charge < -0.3 is 5.32 Å². The van der Waals surface area contributed by atoms with Gasteiger partial charge in [-0.25, -0.2) is 4.39 Å². The van der Waals surface area contributed by atoms with E-state index in [-0.39, 0.29) is 11.4 Å². The van der Waals surface area contributed by atoms with E-state index >= 15 is 0 Å². The number of halogens is 1. The fourth-order valence-corrected chi connectivity index (χ4v) is 8.27. The molecule has 7 heteroatoms. The van der Waals surface area contributed by atoms with Gasteiger partial charge in [-0.15, -0.1) is 0 Å². The molecule has 0 saturated heterocycles. The number of nitroso groups, excluding NO2 is 1. The number of rotatable bonds is 2. The number of benzene rings is 2. The van der Waals surface area contributed by atoms with Crippen LogP contribution in [0.2, 0.25) is 5.02 Å². The van der Waals surface area contributed by atoms with Gasteiger partial charge in [-0.05, 0) is 11.6 Å². The van der Waals surface area contributed by atoms with Crippen LogP contribution >= 0.6 is 0 Å². The summed E-state index contributed by atoms with van der Waals surface area (Å²) >= 11 is 1.55. The summed E-state index contributed by atoms with van der Waals surface area (Å²) in [5, 5.41) is 4.40. The molecule has 5 aliphatic rings. The van der Waals surface area contributed by atoms with E-state index in [0.29, 0.717) is 10.3 Å². The molecule has 169 valence electrons. The molecule has 0 amide bonds. The maximum absolute atomic E-state index is 14.0. The molecule has 2 aromatic carbocycles. The average molecular weight is 501 g/mol. The molecule has 4 fully saturated rings. The fraction of sp³-hybridized carbons (Fsp3) is 0.500. The first-order valence-electron chi connectivity index (χ1n) is 12.0. The van der Waals surface area contributed by atoms with E-state index in [1.807, 2.05) is 0 Å². The average Bonchev–Trinajstić information content (AvgIpc) is 2.91. The van der Waals surface area contributed by atoms with Crippen molar-refractivity contribution in [3.8, 4) is 0 Å². The SMILES string of the molecule is NC1C(=O)C(c2ccccc2)Nc2c(F)cccc2[N+]1=O.[Zn][CH2]C12CC3CC(CC(C3)C1)C2. The number of Topliss-reactive ketones (excluding diaryl/α,β-unsaturated/α-hetero) is 1. The van der Waals surface area contributed by atoms with Crippen molar-refractivity contribution in [3.63, 3.8) is 0 Å². The van der Waals surface area contributed by atoms with Gasteiger partial charge in [-0.1, -0.05) is 36.4 Å². The molecule has 0 spiro atoms. The second kappa shape index (κ2) is 9.00. The molecule has 0 radical (unpaired) electrons. The third-order valence-electron chi connectivity index (χ3n) is 8.17. The quantitative estimate of drug-likeness (QED) is 0.426. The fourth-order valence-electron chi connectivity index (χ4n) is 6.98. The Kier molecular flexibility index (Phi) is 6.21. The number of carbonyl (C=O) groups is 1. The van der Waals surface area contributed by atoms with Crippen LogP contribution in [0.5, 0.6) is 0 Å². The van der Waals surface area contributed by atoms with Crippen molar-refractivity contribution >= 4 is 17.2 Å². The Hall–Kier alpha value is -1.98. The molecule has 1 heterocycles. The van der Waals surface area contributed by atoms with Crippen molar-refractivity contribution in [2.45, 2.75) is 55.7 Å². The molecular weight excluding hydrogens is 471 g/mol. The summed E-state index contributed by atoms with van der Waals surface area (Å²) in [4.78, 5) is 24.5. The minimum absolute atomic E-state index is 0.0114. The third-order valence-corrected chi connectivity index (χ3v) is 10.4. The molecule has 3 N–H and O–H groups in total. The molecule has 1 aliphatic heterocycles. The first-order chi connectivity index (χ1) is 15.9. The molecule has 33 heavy (non-hydrogen) atoms. The summed E-state index contributed by atoms with van der Waals surface area (Å²) in [5.74, 6) is 2.40. The number of fused-ring (bicyclic) bond motifs is 1. The normalized spacial score (nSPS) is 34.1. The summed E-state index contributed by atoms with van der Waals surface area (Å²) in [6.45, 7) is 0. The van der Waals surface area contributed by atoms with Gasteiger partial charge in [0.1, 0.15) is 11.7 Å². The van der Waals surface area contributed by atoms with Crippen LogP contribution in [0.3, 0.4) is 0 Å². The number of anilines is 1. The number of nitrogens with zero attached hydrogens (tertiary/aromatic N) is 1. The van der Waals surface area contributed by atoms with Gasteiger partial charge >= 0.3 is 91.2 Å². The second-order valence-corrected chi connectivity index (χ2v) is 11.5. The Morgan fingerprint density at radius 3 is 2.18 bits per heavy atom. The molecule has 4 bridgehead atoms. The third kappa shape index (κ3) is 4.30. The summed E-state index contributed by atoms with van der Waals surface area (Å²) in [6.07, 6.45) is 8.32. The van der Waals surface area contributed by atoms with Crippen molar-refractivity contribution < 1.29 is 32.2 Å². The molecular formula is C26H30FN3O2Zn+. The van der Waals surface area contributed by atoms with Gasteiger partial charge in [0.15, 0.2) is 5.82 Å². The summed E-state index contributed by atoms with van der Waals surface area (Å²) in [6, 6.07) is 12.0. The Balaban J connectivity index is 0.000000159. The topological polar surface area (TPSA) is 75.2 Å². The molecule has 7 rings (SSSR count). The Labute approximate surface area is 204 Å². The van der Waals surface area contributed by atoms with E-state index in [2.05, 4.69) is 5.32 Å². The number of nitrogens with two attached hydrogens (primary N) is 1. The molecule has 0 aromatic heterocycles. The molecule has 2 aromatic rings. The Morgan fingerprint density at radius 1 is 1.00 bits per heavy atom. The van der Waals surface area contributed by atoms with E-state index < -0.39 is 23.8 Å². The van der Waals surface area contributed by atoms with E-state index in [1.165, 1.54) is 36.0 Å². The van der Waals surface area contributed by atoms with Crippen LogP contribution in [0.1, 0.15) is 50.1 Å². The number of carbonyl (C=O) groups excluding carboxylic acids is 1. The van der Waals surface area contributed by atoms with E-state index in [0.717, 1.165) is 5.41 Å². The standard InChI is InChI=1S/C15H13FN3O2.C11H17.Zn/c16-10-7-4-8-11-13(10)18-12(9-5-2-1-3-6-9)14(20)15(17)19(11)21;1-11-5-8-2-9(6-11)4-10(3-8)7-11;/h1-8,12,15,18H,17H2;8-10H,1-7H2;/q+1;;. The zero-order valence-electron chi connectivity index (χ0n) is 18.9. The van der Waals surface area contributed by atoms with Crippen molar-refractivity contribution in [1.29, 1.82) is 0 Å². The van der Waals surface area contributed by atoms with Gasteiger partial charge in [0.05, 0.1) is 4.76 Å². The van der Waals surface area contributed by atoms with Crippen molar-refractivity contribution in [3.05, 3.63) is 64.8 Å². The van der Waals surface area contributed by atoms with Gasteiger partial charge in [-0.2, -0.15) is 0 Å². The molecule has 2 unspecified atom stereocenters. The zero-order valence-corrected chi connectivity index (χ0v) is 21.8. The van der Waals surface area contributed by atoms with Crippen LogP contribution in [0.4, 0.5) is 15.8 Å². The van der Waals surface area contributed by atoms with E-state index in [9.17, 15) is 14.1 Å². The van der Waals surface area contributed by atoms with Gasteiger partial charge in [-0.3, -0.25) is 10.5 Å². The maximum atomic E-state index is 14.0. The summed E-state index contributed by atoms with van der Waals surface area (Å²) in [7, 11) is 0. The monoisotopic (exact) mass is 499 g/mol. The first-order valence-corrected chi connectivity index (χ1v) is 14.1. The van der Waals surface area contributed by atoms with Crippen LogP contribution in [-0.4, -0.2) is 16.7 Å². The summed E-state index contributed by atoms with van der Waals surface area (Å²) in [5.41, 5.74) is 7.25. The molecule has 2 atom stereocenters.